The van der Waals surface area contributed by atoms with Gasteiger partial charge in [-0.25, -0.2) is 4.98 Å². The summed E-state index contributed by atoms with van der Waals surface area (Å²) < 4.78 is 1.14. The molecule has 1 aromatic carbocycles. The zero-order valence-electron chi connectivity index (χ0n) is 14.8. The van der Waals surface area contributed by atoms with Crippen LogP contribution in [0.1, 0.15) is 39.5 Å². The molecule has 2 aliphatic rings. The quantitative estimate of drug-likeness (QED) is 0.769. The number of benzene rings is 1. The molecule has 1 atom stereocenters. The van der Waals surface area contributed by atoms with Crippen molar-refractivity contribution in [1.29, 1.82) is 0 Å². The first kappa shape index (κ1) is 17.1. The van der Waals surface area contributed by atoms with Crippen LogP contribution in [0.4, 0.5) is 5.13 Å². The van der Waals surface area contributed by atoms with E-state index in [1.54, 1.807) is 11.3 Å². The molecule has 25 heavy (non-hydrogen) atoms. The highest BCUT2D eigenvalue weighted by Crippen LogP contribution is 2.42. The summed E-state index contributed by atoms with van der Waals surface area (Å²) in [4.78, 5) is 21.6. The summed E-state index contributed by atoms with van der Waals surface area (Å²) in [5, 5.41) is 1.85. The van der Waals surface area contributed by atoms with Crippen LogP contribution in [0.2, 0.25) is 5.02 Å². The second-order valence-electron chi connectivity index (χ2n) is 7.75. The van der Waals surface area contributed by atoms with Gasteiger partial charge >= 0.3 is 0 Å². The number of amides is 1. The van der Waals surface area contributed by atoms with E-state index in [1.165, 1.54) is 6.42 Å². The molecule has 2 aliphatic heterocycles. The first-order valence-corrected chi connectivity index (χ1v) is 10.3. The number of likely N-dealkylation sites (tertiary alicyclic amines) is 1. The standard InChI is InChI=1S/C19H24ClN3OS/c1-13(2)23-12-19(8-6-17(23)24)7-3-9-22(11-19)18-21-15-5-4-14(20)10-16(15)25-18/h4-5,10,13H,3,6-9,11-12H2,1-2H3/t19-/m1/s1. The molecule has 0 bridgehead atoms. The fraction of sp³-hybridized carbons (Fsp3) is 0.579. The Labute approximate surface area is 157 Å². The molecule has 2 aromatic rings. The van der Waals surface area contributed by atoms with Crippen molar-refractivity contribution >= 4 is 44.2 Å². The number of fused-ring (bicyclic) bond motifs is 1. The minimum absolute atomic E-state index is 0.214. The maximum atomic E-state index is 12.3. The molecule has 1 amide bonds. The molecule has 0 radical (unpaired) electrons. The topological polar surface area (TPSA) is 36.4 Å². The predicted molar refractivity (Wildman–Crippen MR) is 105 cm³/mol. The minimum Gasteiger partial charge on any atom is -0.347 e. The molecule has 0 N–H and O–H groups in total. The highest BCUT2D eigenvalue weighted by Gasteiger charge is 2.42. The van der Waals surface area contributed by atoms with Gasteiger partial charge < -0.3 is 9.80 Å². The van der Waals surface area contributed by atoms with E-state index in [2.05, 4.69) is 23.6 Å². The van der Waals surface area contributed by atoms with Crippen LogP contribution in [-0.4, -0.2) is 41.5 Å². The average molecular weight is 378 g/mol. The number of thiazole rings is 1. The Bertz CT molecular complexity index is 805. The second kappa shape index (κ2) is 6.44. The van der Waals surface area contributed by atoms with Crippen molar-refractivity contribution in [2.45, 2.75) is 45.6 Å². The smallest absolute Gasteiger partial charge is 0.222 e. The predicted octanol–water partition coefficient (Wildman–Crippen LogP) is 4.57. The van der Waals surface area contributed by atoms with Crippen LogP contribution in [0.25, 0.3) is 10.2 Å². The number of hydrogen-bond acceptors (Lipinski definition) is 4. The Morgan fingerprint density at radius 2 is 2.12 bits per heavy atom. The van der Waals surface area contributed by atoms with E-state index in [0.717, 1.165) is 52.8 Å². The minimum atomic E-state index is 0.214. The molecular formula is C19H24ClN3OS. The van der Waals surface area contributed by atoms with E-state index in [0.29, 0.717) is 12.3 Å². The van der Waals surface area contributed by atoms with Crippen LogP contribution in [0, 0.1) is 5.41 Å². The fourth-order valence-electron chi connectivity index (χ4n) is 4.24. The number of aromatic nitrogens is 1. The number of piperidine rings is 2. The van der Waals surface area contributed by atoms with Crippen LogP contribution in [0.3, 0.4) is 0 Å². The summed E-state index contributed by atoms with van der Waals surface area (Å²) in [5.41, 5.74) is 1.23. The molecule has 2 saturated heterocycles. The maximum Gasteiger partial charge on any atom is 0.222 e. The summed E-state index contributed by atoms with van der Waals surface area (Å²) in [6, 6.07) is 6.18. The number of rotatable bonds is 2. The summed E-state index contributed by atoms with van der Waals surface area (Å²) in [7, 11) is 0. The SMILES string of the molecule is CC(C)N1C[C@]2(CCCN(c3nc4ccc(Cl)cc4s3)C2)CCC1=O. The third kappa shape index (κ3) is 3.24. The first-order valence-electron chi connectivity index (χ1n) is 9.06. The summed E-state index contributed by atoms with van der Waals surface area (Å²) in [6.45, 7) is 7.17. The average Bonchev–Trinajstić information content (AvgIpc) is 3.00. The van der Waals surface area contributed by atoms with Crippen molar-refractivity contribution in [3.8, 4) is 0 Å². The lowest BCUT2D eigenvalue weighted by atomic mass is 9.73. The van der Waals surface area contributed by atoms with E-state index < -0.39 is 0 Å². The van der Waals surface area contributed by atoms with Gasteiger partial charge in [-0.15, -0.1) is 0 Å². The van der Waals surface area contributed by atoms with E-state index in [1.807, 2.05) is 18.2 Å². The molecule has 4 rings (SSSR count). The van der Waals surface area contributed by atoms with Crippen LogP contribution in [-0.2, 0) is 4.79 Å². The molecule has 4 nitrogen and oxygen atoms in total. The van der Waals surface area contributed by atoms with Crippen molar-refractivity contribution in [2.75, 3.05) is 24.5 Å². The number of hydrogen-bond donors (Lipinski definition) is 0. The molecule has 3 heterocycles. The van der Waals surface area contributed by atoms with Gasteiger partial charge in [0, 0.05) is 42.5 Å². The van der Waals surface area contributed by atoms with Crippen molar-refractivity contribution in [1.82, 2.24) is 9.88 Å². The van der Waals surface area contributed by atoms with Gasteiger partial charge in [0.1, 0.15) is 0 Å². The highest BCUT2D eigenvalue weighted by molar-refractivity contribution is 7.22. The molecule has 2 fully saturated rings. The Kier molecular flexibility index (Phi) is 4.40. The molecule has 0 aliphatic carbocycles. The van der Waals surface area contributed by atoms with Crippen LogP contribution in [0.15, 0.2) is 18.2 Å². The number of carbonyl (C=O) groups excluding carboxylic acids is 1. The lowest BCUT2D eigenvalue weighted by molar-refractivity contribution is -0.140. The van der Waals surface area contributed by atoms with E-state index in [-0.39, 0.29) is 11.5 Å². The van der Waals surface area contributed by atoms with E-state index in [4.69, 9.17) is 16.6 Å². The van der Waals surface area contributed by atoms with E-state index >= 15 is 0 Å². The van der Waals surface area contributed by atoms with Gasteiger partial charge in [-0.3, -0.25) is 4.79 Å². The summed E-state index contributed by atoms with van der Waals surface area (Å²) >= 11 is 7.84. The van der Waals surface area contributed by atoms with Crippen LogP contribution >= 0.6 is 22.9 Å². The third-order valence-electron chi connectivity index (χ3n) is 5.59. The molecule has 6 heteroatoms. The van der Waals surface area contributed by atoms with Gasteiger partial charge in [0.25, 0.3) is 0 Å². The Morgan fingerprint density at radius 1 is 1.28 bits per heavy atom. The lowest BCUT2D eigenvalue weighted by Gasteiger charge is -2.49. The third-order valence-corrected chi connectivity index (χ3v) is 6.90. The van der Waals surface area contributed by atoms with Gasteiger partial charge in [0.05, 0.1) is 10.2 Å². The number of nitrogens with zero attached hydrogens (tertiary/aromatic N) is 3. The number of carbonyl (C=O) groups is 1. The van der Waals surface area contributed by atoms with Gasteiger partial charge in [-0.2, -0.15) is 0 Å². The molecule has 0 saturated carbocycles. The zero-order chi connectivity index (χ0) is 17.6. The van der Waals surface area contributed by atoms with Crippen molar-refractivity contribution < 1.29 is 4.79 Å². The lowest BCUT2D eigenvalue weighted by Crippen LogP contribution is -2.55. The molecule has 134 valence electrons. The van der Waals surface area contributed by atoms with Crippen molar-refractivity contribution in [2.24, 2.45) is 5.41 Å². The van der Waals surface area contributed by atoms with Gasteiger partial charge in [0.15, 0.2) is 5.13 Å². The Morgan fingerprint density at radius 3 is 2.92 bits per heavy atom. The van der Waals surface area contributed by atoms with Crippen LogP contribution < -0.4 is 4.90 Å². The first-order chi connectivity index (χ1) is 12.0. The van der Waals surface area contributed by atoms with Gasteiger partial charge in [-0.1, -0.05) is 22.9 Å². The molecule has 0 unspecified atom stereocenters. The normalized spacial score (nSPS) is 24.7. The Balaban J connectivity index is 1.58. The second-order valence-corrected chi connectivity index (χ2v) is 9.19. The number of anilines is 1. The van der Waals surface area contributed by atoms with Gasteiger partial charge in [-0.05, 0) is 51.3 Å². The van der Waals surface area contributed by atoms with E-state index in [9.17, 15) is 4.79 Å². The Hall–Kier alpha value is -1.33. The summed E-state index contributed by atoms with van der Waals surface area (Å²) in [5.74, 6) is 0.312. The van der Waals surface area contributed by atoms with Crippen molar-refractivity contribution in [3.05, 3.63) is 23.2 Å². The largest absolute Gasteiger partial charge is 0.347 e. The zero-order valence-corrected chi connectivity index (χ0v) is 16.4. The fourth-order valence-corrected chi connectivity index (χ4v) is 5.51. The monoisotopic (exact) mass is 377 g/mol. The van der Waals surface area contributed by atoms with Crippen LogP contribution in [0.5, 0.6) is 0 Å². The van der Waals surface area contributed by atoms with Crippen molar-refractivity contribution in [3.63, 3.8) is 0 Å². The highest BCUT2D eigenvalue weighted by atomic mass is 35.5. The molecular weight excluding hydrogens is 354 g/mol. The molecule has 1 spiro atoms. The maximum absolute atomic E-state index is 12.3. The molecule has 1 aromatic heterocycles. The number of halogens is 1. The van der Waals surface area contributed by atoms with Gasteiger partial charge in [0.2, 0.25) is 5.91 Å². The summed E-state index contributed by atoms with van der Waals surface area (Å²) in [6.07, 6.45) is 4.05.